The second-order valence-corrected chi connectivity index (χ2v) is 30.4. The maximum atomic E-state index is 13.0. The summed E-state index contributed by atoms with van der Waals surface area (Å²) < 4.78 is 68.3. The number of aliphatic hydroxyl groups is 1. The van der Waals surface area contributed by atoms with Crippen LogP contribution in [0.1, 0.15) is 351 Å². The molecule has 0 fully saturated rings. The molecule has 2 unspecified atom stereocenters. The first-order chi connectivity index (χ1) is 43.1. The number of carbonyl (C=O) groups is 4. The number of hydrogen-bond donors (Lipinski definition) is 3. The third-order valence-electron chi connectivity index (χ3n) is 16.3. The molecule has 0 radical (unpaired) electrons. The second kappa shape index (κ2) is 60.7. The maximum absolute atomic E-state index is 13.0. The van der Waals surface area contributed by atoms with Crippen LogP contribution in [0.5, 0.6) is 0 Å². The number of phosphoric acid groups is 2. The van der Waals surface area contributed by atoms with E-state index in [1.807, 2.05) is 0 Å². The number of ether oxygens (including phenoxy) is 4. The molecule has 0 heterocycles. The highest BCUT2D eigenvalue weighted by atomic mass is 31.2. The van der Waals surface area contributed by atoms with Crippen molar-refractivity contribution in [3.63, 3.8) is 0 Å². The van der Waals surface area contributed by atoms with Gasteiger partial charge in [-0.1, -0.05) is 299 Å². The van der Waals surface area contributed by atoms with Crippen LogP contribution >= 0.6 is 15.6 Å². The van der Waals surface area contributed by atoms with Gasteiger partial charge in [-0.15, -0.1) is 0 Å². The average Bonchev–Trinajstić information content (AvgIpc) is 2.99. The van der Waals surface area contributed by atoms with Gasteiger partial charge in [0.25, 0.3) is 0 Å². The van der Waals surface area contributed by atoms with Gasteiger partial charge in [-0.2, -0.15) is 0 Å². The van der Waals surface area contributed by atoms with Crippen molar-refractivity contribution in [1.29, 1.82) is 0 Å². The van der Waals surface area contributed by atoms with Gasteiger partial charge in [0, 0.05) is 25.7 Å². The molecule has 90 heavy (non-hydrogen) atoms. The van der Waals surface area contributed by atoms with E-state index in [0.29, 0.717) is 25.7 Å². The largest absolute Gasteiger partial charge is 0.472 e. The fourth-order valence-corrected chi connectivity index (χ4v) is 12.2. The molecule has 0 saturated carbocycles. The highest BCUT2D eigenvalue weighted by Gasteiger charge is 2.30. The minimum Gasteiger partial charge on any atom is -0.462 e. The minimum absolute atomic E-state index is 0.105. The third-order valence-corrected chi connectivity index (χ3v) is 18.2. The van der Waals surface area contributed by atoms with Crippen molar-refractivity contribution in [2.45, 2.75) is 369 Å². The van der Waals surface area contributed by atoms with E-state index in [9.17, 15) is 43.2 Å². The Morgan fingerprint density at radius 3 is 0.689 bits per heavy atom. The quantitative estimate of drug-likeness (QED) is 0.0222. The molecule has 534 valence electrons. The number of aliphatic hydroxyl groups excluding tert-OH is 1. The van der Waals surface area contributed by atoms with Crippen molar-refractivity contribution in [2.75, 3.05) is 39.6 Å². The smallest absolute Gasteiger partial charge is 0.462 e. The van der Waals surface area contributed by atoms with E-state index in [2.05, 4.69) is 55.4 Å². The van der Waals surface area contributed by atoms with Crippen LogP contribution in [0.15, 0.2) is 0 Å². The Morgan fingerprint density at radius 2 is 0.467 bits per heavy atom. The van der Waals surface area contributed by atoms with E-state index in [0.717, 1.165) is 114 Å². The van der Waals surface area contributed by atoms with E-state index < -0.39 is 97.5 Å². The lowest BCUT2D eigenvalue weighted by Gasteiger charge is -2.21. The van der Waals surface area contributed by atoms with Crippen molar-refractivity contribution in [2.24, 2.45) is 23.7 Å². The third kappa shape index (κ3) is 64.8. The molecule has 0 rings (SSSR count). The van der Waals surface area contributed by atoms with Crippen molar-refractivity contribution in [3.05, 3.63) is 0 Å². The van der Waals surface area contributed by atoms with Crippen LogP contribution < -0.4 is 0 Å². The van der Waals surface area contributed by atoms with E-state index in [4.69, 9.17) is 37.0 Å². The molecule has 19 heteroatoms. The molecule has 0 aromatic rings. The van der Waals surface area contributed by atoms with Crippen LogP contribution in [0, 0.1) is 23.7 Å². The van der Waals surface area contributed by atoms with Gasteiger partial charge in [-0.25, -0.2) is 9.13 Å². The predicted octanol–water partition coefficient (Wildman–Crippen LogP) is 20.1. The Balaban J connectivity index is 5.27. The molecule has 0 aliphatic rings. The fraction of sp³-hybridized carbons (Fsp3) is 0.944. The van der Waals surface area contributed by atoms with Gasteiger partial charge in [-0.3, -0.25) is 37.3 Å². The van der Waals surface area contributed by atoms with Crippen molar-refractivity contribution in [3.8, 4) is 0 Å². The maximum Gasteiger partial charge on any atom is 0.472 e. The van der Waals surface area contributed by atoms with Gasteiger partial charge in [0.15, 0.2) is 12.2 Å². The first-order valence-corrected chi connectivity index (χ1v) is 39.7. The summed E-state index contributed by atoms with van der Waals surface area (Å²) in [6.07, 6.45) is 43.1. The zero-order chi connectivity index (χ0) is 66.8. The number of unbranched alkanes of at least 4 members (excludes halogenated alkanes) is 34. The van der Waals surface area contributed by atoms with Crippen LogP contribution in [0.3, 0.4) is 0 Å². The molecule has 4 atom stereocenters. The average molecular weight is 1330 g/mol. The zero-order valence-electron chi connectivity index (χ0n) is 58.8. The van der Waals surface area contributed by atoms with Crippen molar-refractivity contribution >= 4 is 39.5 Å². The normalized spacial score (nSPS) is 14.3. The Kier molecular flexibility index (Phi) is 59.4. The molecular weight excluding hydrogens is 1190 g/mol. The molecule has 0 aromatic carbocycles. The monoisotopic (exact) mass is 1320 g/mol. The molecular formula is C71H138O17P2. The highest BCUT2D eigenvalue weighted by molar-refractivity contribution is 7.47. The topological polar surface area (TPSA) is 237 Å². The molecule has 17 nitrogen and oxygen atoms in total. The van der Waals surface area contributed by atoms with Crippen LogP contribution in [0.2, 0.25) is 0 Å². The molecule has 0 bridgehead atoms. The van der Waals surface area contributed by atoms with Crippen LogP contribution in [0.25, 0.3) is 0 Å². The number of phosphoric ester groups is 2. The van der Waals surface area contributed by atoms with Gasteiger partial charge in [0.1, 0.15) is 19.3 Å². The standard InChI is InChI=1S/C71H138O17P2/c1-61(2)47-39-31-23-15-11-9-13-17-29-37-45-53-70(75)87-66(57-81-68(73)51-43-35-27-21-19-25-33-41-49-63(5)6)59-85-89(77,78)83-55-65(72)56-84-90(79,80)86-60-67(58-82-69(74)52-44-36-28-22-20-26-34-42-50-64(7)8)88-71(76)54-46-38-30-18-14-10-12-16-24-32-40-48-62(3)4/h61-67,72H,9-60H2,1-8H3,(H,77,78)(H,79,80)/t66-,67-/m1/s1. The molecule has 0 saturated heterocycles. The Labute approximate surface area is 549 Å². The number of hydrogen-bond acceptors (Lipinski definition) is 15. The molecule has 0 amide bonds. The predicted molar refractivity (Wildman–Crippen MR) is 363 cm³/mol. The first-order valence-electron chi connectivity index (χ1n) is 36.7. The van der Waals surface area contributed by atoms with Crippen LogP contribution in [-0.2, 0) is 65.4 Å². The zero-order valence-corrected chi connectivity index (χ0v) is 60.6. The van der Waals surface area contributed by atoms with Gasteiger partial charge in [0.2, 0.25) is 0 Å². The summed E-state index contributed by atoms with van der Waals surface area (Å²) in [5.41, 5.74) is 0. The van der Waals surface area contributed by atoms with Gasteiger partial charge in [-0.05, 0) is 49.4 Å². The lowest BCUT2D eigenvalue weighted by atomic mass is 10.0. The molecule has 3 N–H and O–H groups in total. The number of esters is 4. The number of carbonyl (C=O) groups excluding carboxylic acids is 4. The SMILES string of the molecule is CC(C)CCCCCCCCCCCCCC(=O)O[C@H](COC(=O)CCCCCCCCCCC(C)C)COP(=O)(O)OCC(O)COP(=O)(O)OC[C@@H](COC(=O)CCCCCCCCCCC(C)C)OC(=O)CCCCCCCCCCCCCC(C)C. The Bertz CT molecular complexity index is 1660. The van der Waals surface area contributed by atoms with Crippen LogP contribution in [0.4, 0.5) is 0 Å². The summed E-state index contributed by atoms with van der Waals surface area (Å²) in [6.45, 7) is 14.1. The molecule has 0 aromatic heterocycles. The summed E-state index contributed by atoms with van der Waals surface area (Å²) in [7, 11) is -9.90. The van der Waals surface area contributed by atoms with Gasteiger partial charge < -0.3 is 33.8 Å². The highest BCUT2D eigenvalue weighted by Crippen LogP contribution is 2.45. The van der Waals surface area contributed by atoms with E-state index in [1.54, 1.807) is 0 Å². The lowest BCUT2D eigenvalue weighted by Crippen LogP contribution is -2.30. The van der Waals surface area contributed by atoms with E-state index in [1.165, 1.54) is 154 Å². The molecule has 0 aliphatic carbocycles. The lowest BCUT2D eigenvalue weighted by molar-refractivity contribution is -0.161. The molecule has 0 aliphatic heterocycles. The summed E-state index contributed by atoms with van der Waals surface area (Å²) in [5.74, 6) is 0.855. The Morgan fingerprint density at radius 1 is 0.278 bits per heavy atom. The van der Waals surface area contributed by atoms with Crippen molar-refractivity contribution < 1.29 is 80.2 Å². The van der Waals surface area contributed by atoms with E-state index >= 15 is 0 Å². The fourth-order valence-electron chi connectivity index (χ4n) is 10.7. The minimum atomic E-state index is -4.95. The number of rotatable bonds is 68. The van der Waals surface area contributed by atoms with Crippen LogP contribution in [-0.4, -0.2) is 96.7 Å². The van der Waals surface area contributed by atoms with Gasteiger partial charge in [0.05, 0.1) is 26.4 Å². The van der Waals surface area contributed by atoms with Gasteiger partial charge >= 0.3 is 39.5 Å². The first kappa shape index (κ1) is 88.1. The van der Waals surface area contributed by atoms with E-state index in [-0.39, 0.29) is 25.7 Å². The summed E-state index contributed by atoms with van der Waals surface area (Å²) in [4.78, 5) is 72.6. The van der Waals surface area contributed by atoms with Crippen molar-refractivity contribution in [1.82, 2.24) is 0 Å². The summed E-state index contributed by atoms with van der Waals surface area (Å²) >= 11 is 0. The Hall–Kier alpha value is -1.94. The summed E-state index contributed by atoms with van der Waals surface area (Å²) in [5, 5.41) is 10.6. The summed E-state index contributed by atoms with van der Waals surface area (Å²) in [6, 6.07) is 0. The molecule has 0 spiro atoms. The second-order valence-electron chi connectivity index (χ2n) is 27.5.